The normalized spacial score (nSPS) is 17.6. The standard InChI is InChI=1S/C23H23N7O3S/c1-3-34(32,33)30-12-15(9-27-30)16-8-17(16)23(31)29-21-7-14-6-20(18-10-25-5-4-13(18)2)28-22(24)19(14)11-26-21/h4-7,9-12,16-17H,3,8H2,1-2H3,(H2,24,28)(H,26,29,31). The lowest BCUT2D eigenvalue weighted by atomic mass is 10.1. The maximum atomic E-state index is 12.8. The fraction of sp³-hybridized carbons (Fsp3) is 0.261. The van der Waals surface area contributed by atoms with Gasteiger partial charge in [-0.25, -0.2) is 18.4 Å². The third kappa shape index (κ3) is 3.98. The number of aromatic nitrogens is 5. The van der Waals surface area contributed by atoms with Gasteiger partial charge in [0.05, 0.1) is 17.6 Å². The second-order valence-electron chi connectivity index (χ2n) is 8.36. The largest absolute Gasteiger partial charge is 0.383 e. The molecule has 34 heavy (non-hydrogen) atoms. The van der Waals surface area contributed by atoms with Crippen LogP contribution < -0.4 is 11.1 Å². The number of carbonyl (C=O) groups is 1. The first-order valence-corrected chi connectivity index (χ1v) is 12.4. The minimum absolute atomic E-state index is 0.0432. The lowest BCUT2D eigenvalue weighted by Crippen LogP contribution is -2.16. The Morgan fingerprint density at radius 1 is 1.26 bits per heavy atom. The number of carbonyl (C=O) groups excluding carboxylic acids is 1. The monoisotopic (exact) mass is 477 g/mol. The van der Waals surface area contributed by atoms with Crippen LogP contribution in [-0.2, 0) is 14.8 Å². The molecule has 2 unspecified atom stereocenters. The topological polar surface area (TPSA) is 146 Å². The molecule has 1 amide bonds. The van der Waals surface area contributed by atoms with Crippen LogP contribution in [0.5, 0.6) is 0 Å². The van der Waals surface area contributed by atoms with Gasteiger partial charge >= 0.3 is 0 Å². The number of aryl methyl sites for hydroxylation is 1. The molecule has 1 aliphatic carbocycles. The summed E-state index contributed by atoms with van der Waals surface area (Å²) in [7, 11) is -3.44. The Balaban J connectivity index is 1.35. The number of anilines is 2. The summed E-state index contributed by atoms with van der Waals surface area (Å²) >= 11 is 0. The first-order valence-electron chi connectivity index (χ1n) is 10.8. The third-order valence-electron chi connectivity index (χ3n) is 6.10. The fourth-order valence-corrected chi connectivity index (χ4v) is 4.72. The second-order valence-corrected chi connectivity index (χ2v) is 10.5. The molecule has 0 aliphatic heterocycles. The lowest BCUT2D eigenvalue weighted by Gasteiger charge is -2.10. The number of hydrogen-bond donors (Lipinski definition) is 2. The second kappa shape index (κ2) is 8.17. The summed E-state index contributed by atoms with van der Waals surface area (Å²) < 4.78 is 24.9. The van der Waals surface area contributed by atoms with E-state index in [1.165, 1.54) is 12.4 Å². The number of nitrogens with two attached hydrogens (primary N) is 1. The van der Waals surface area contributed by atoms with Crippen molar-refractivity contribution in [2.75, 3.05) is 16.8 Å². The predicted octanol–water partition coefficient (Wildman–Crippen LogP) is 2.72. The first-order chi connectivity index (χ1) is 16.3. The average molecular weight is 478 g/mol. The van der Waals surface area contributed by atoms with E-state index in [2.05, 4.69) is 25.4 Å². The van der Waals surface area contributed by atoms with Gasteiger partial charge in [-0.15, -0.1) is 0 Å². The van der Waals surface area contributed by atoms with Crippen LogP contribution in [-0.4, -0.2) is 44.2 Å². The molecule has 4 aromatic heterocycles. The van der Waals surface area contributed by atoms with E-state index in [-0.39, 0.29) is 23.5 Å². The SMILES string of the molecule is CCS(=O)(=O)n1cc(C2CC2C(=O)Nc2cc3cc(-c4cnccc4C)nc(N)c3cn2)cn1. The van der Waals surface area contributed by atoms with Gasteiger partial charge in [-0.05, 0) is 60.9 Å². The maximum Gasteiger partial charge on any atom is 0.253 e. The summed E-state index contributed by atoms with van der Waals surface area (Å²) in [5.41, 5.74) is 9.51. The van der Waals surface area contributed by atoms with E-state index in [4.69, 9.17) is 5.73 Å². The van der Waals surface area contributed by atoms with E-state index in [1.807, 2.05) is 19.1 Å². The lowest BCUT2D eigenvalue weighted by molar-refractivity contribution is -0.117. The smallest absolute Gasteiger partial charge is 0.253 e. The van der Waals surface area contributed by atoms with Crippen LogP contribution in [0.15, 0.2) is 49.2 Å². The molecule has 1 aliphatic rings. The van der Waals surface area contributed by atoms with Gasteiger partial charge in [0.25, 0.3) is 10.0 Å². The quantitative estimate of drug-likeness (QED) is 0.431. The third-order valence-corrected chi connectivity index (χ3v) is 7.60. The number of nitrogens with one attached hydrogen (secondary N) is 1. The highest BCUT2D eigenvalue weighted by atomic mass is 32.2. The summed E-state index contributed by atoms with van der Waals surface area (Å²) in [5, 5.41) is 8.30. The van der Waals surface area contributed by atoms with Gasteiger partial charge in [0.1, 0.15) is 11.6 Å². The molecule has 174 valence electrons. The molecule has 11 heteroatoms. The summed E-state index contributed by atoms with van der Waals surface area (Å²) in [6.07, 6.45) is 8.68. The Hall–Kier alpha value is -3.86. The van der Waals surface area contributed by atoms with Gasteiger partial charge in [0.15, 0.2) is 0 Å². The van der Waals surface area contributed by atoms with Gasteiger partial charge in [-0.2, -0.15) is 9.19 Å². The van der Waals surface area contributed by atoms with Crippen molar-refractivity contribution in [3.8, 4) is 11.3 Å². The van der Waals surface area contributed by atoms with Crippen LogP contribution >= 0.6 is 0 Å². The number of amides is 1. The van der Waals surface area contributed by atoms with E-state index in [0.29, 0.717) is 29.1 Å². The highest BCUT2D eigenvalue weighted by Gasteiger charge is 2.45. The highest BCUT2D eigenvalue weighted by molar-refractivity contribution is 7.89. The van der Waals surface area contributed by atoms with Crippen LogP contribution in [0.3, 0.4) is 0 Å². The summed E-state index contributed by atoms with van der Waals surface area (Å²) in [6, 6.07) is 5.57. The Bertz CT molecular complexity index is 1530. The van der Waals surface area contributed by atoms with Gasteiger partial charge < -0.3 is 11.1 Å². The van der Waals surface area contributed by atoms with Crippen molar-refractivity contribution in [3.05, 3.63) is 60.3 Å². The fourth-order valence-electron chi connectivity index (χ4n) is 3.98. The summed E-state index contributed by atoms with van der Waals surface area (Å²) in [6.45, 7) is 3.54. The van der Waals surface area contributed by atoms with Crippen LogP contribution in [0, 0.1) is 12.8 Å². The molecule has 3 N–H and O–H groups in total. The number of hydrogen-bond acceptors (Lipinski definition) is 8. The van der Waals surface area contributed by atoms with Crippen molar-refractivity contribution in [2.45, 2.75) is 26.2 Å². The molecule has 0 bridgehead atoms. The molecule has 0 radical (unpaired) electrons. The van der Waals surface area contributed by atoms with Crippen molar-refractivity contribution in [1.29, 1.82) is 0 Å². The highest BCUT2D eigenvalue weighted by Crippen LogP contribution is 2.48. The van der Waals surface area contributed by atoms with E-state index in [1.54, 1.807) is 31.6 Å². The molecule has 4 heterocycles. The zero-order valence-corrected chi connectivity index (χ0v) is 19.5. The molecule has 0 aromatic carbocycles. The predicted molar refractivity (Wildman–Crippen MR) is 128 cm³/mol. The molecular formula is C23H23N7O3S. The summed E-state index contributed by atoms with van der Waals surface area (Å²) in [4.78, 5) is 25.8. The number of pyridine rings is 3. The molecule has 1 fully saturated rings. The van der Waals surface area contributed by atoms with Crippen molar-refractivity contribution in [3.63, 3.8) is 0 Å². The van der Waals surface area contributed by atoms with Crippen LogP contribution in [0.1, 0.15) is 30.4 Å². The zero-order valence-electron chi connectivity index (χ0n) is 18.6. The molecule has 10 nitrogen and oxygen atoms in total. The molecular weight excluding hydrogens is 454 g/mol. The van der Waals surface area contributed by atoms with E-state index < -0.39 is 10.0 Å². The number of fused-ring (bicyclic) bond motifs is 1. The Morgan fingerprint density at radius 2 is 2.09 bits per heavy atom. The molecule has 4 aromatic rings. The number of rotatable bonds is 6. The van der Waals surface area contributed by atoms with Gasteiger partial charge in [0, 0.05) is 41.7 Å². The van der Waals surface area contributed by atoms with Crippen molar-refractivity contribution in [1.82, 2.24) is 24.1 Å². The van der Waals surface area contributed by atoms with Crippen LogP contribution in [0.25, 0.3) is 22.0 Å². The first kappa shape index (κ1) is 22.0. The van der Waals surface area contributed by atoms with Gasteiger partial charge in [-0.3, -0.25) is 9.78 Å². The molecule has 2 atom stereocenters. The Kier molecular flexibility index (Phi) is 5.28. The van der Waals surface area contributed by atoms with Crippen LogP contribution in [0.2, 0.25) is 0 Å². The van der Waals surface area contributed by atoms with E-state index in [9.17, 15) is 13.2 Å². The average Bonchev–Trinajstić information content (AvgIpc) is 3.46. The van der Waals surface area contributed by atoms with Crippen molar-refractivity contribution in [2.24, 2.45) is 5.92 Å². The Morgan fingerprint density at radius 3 is 2.85 bits per heavy atom. The van der Waals surface area contributed by atoms with E-state index >= 15 is 0 Å². The van der Waals surface area contributed by atoms with Gasteiger partial charge in [0.2, 0.25) is 5.91 Å². The molecule has 0 spiro atoms. The number of nitrogen functional groups attached to an aromatic ring is 1. The molecule has 0 saturated heterocycles. The van der Waals surface area contributed by atoms with E-state index in [0.717, 1.165) is 26.2 Å². The summed E-state index contributed by atoms with van der Waals surface area (Å²) in [5.74, 6) is 0.206. The zero-order chi connectivity index (χ0) is 24.0. The minimum atomic E-state index is -3.44. The molecule has 5 rings (SSSR count). The molecule has 1 saturated carbocycles. The maximum absolute atomic E-state index is 12.8. The van der Waals surface area contributed by atoms with Gasteiger partial charge in [-0.1, -0.05) is 0 Å². The number of nitrogens with zero attached hydrogens (tertiary/aromatic N) is 5. The minimum Gasteiger partial charge on any atom is -0.383 e. The van der Waals surface area contributed by atoms with Crippen molar-refractivity contribution < 1.29 is 13.2 Å². The Labute approximate surface area is 196 Å². The van der Waals surface area contributed by atoms with Crippen LogP contribution in [0.4, 0.5) is 11.6 Å². The van der Waals surface area contributed by atoms with Crippen molar-refractivity contribution >= 4 is 38.3 Å².